The molecule has 0 saturated heterocycles. The van der Waals surface area contributed by atoms with Crippen LogP contribution in [-0.2, 0) is 14.3 Å². The third kappa shape index (κ3) is 2.13. The summed E-state index contributed by atoms with van der Waals surface area (Å²) in [6, 6.07) is 6.80. The van der Waals surface area contributed by atoms with E-state index in [1.165, 1.54) is 0 Å². The maximum Gasteiger partial charge on any atom is 0.339 e. The van der Waals surface area contributed by atoms with Crippen molar-refractivity contribution in [1.29, 1.82) is 5.26 Å². The Morgan fingerprint density at radius 3 is 2.81 bits per heavy atom. The normalized spacial score (nSPS) is 20.8. The second kappa shape index (κ2) is 4.99. The van der Waals surface area contributed by atoms with Crippen molar-refractivity contribution in [2.75, 3.05) is 6.61 Å². The van der Waals surface area contributed by atoms with Crippen molar-refractivity contribution in [3.05, 3.63) is 56.6 Å². The van der Waals surface area contributed by atoms with Gasteiger partial charge in [0.2, 0.25) is 5.88 Å². The predicted molar refractivity (Wildman–Crippen MR) is 75.1 cm³/mol. The Morgan fingerprint density at radius 2 is 2.14 bits per heavy atom. The molecule has 21 heavy (non-hydrogen) atoms. The van der Waals surface area contributed by atoms with Gasteiger partial charge in [0.1, 0.15) is 18.2 Å². The van der Waals surface area contributed by atoms with Crippen LogP contribution in [-0.4, -0.2) is 12.6 Å². The van der Waals surface area contributed by atoms with Gasteiger partial charge in [0.25, 0.3) is 0 Å². The van der Waals surface area contributed by atoms with Crippen molar-refractivity contribution in [2.24, 2.45) is 5.73 Å². The highest BCUT2D eigenvalue weighted by molar-refractivity contribution is 6.35. The fourth-order valence-corrected chi connectivity index (χ4v) is 2.92. The van der Waals surface area contributed by atoms with Crippen molar-refractivity contribution in [2.45, 2.75) is 5.92 Å². The first-order valence-corrected chi connectivity index (χ1v) is 6.71. The number of hydrogen-bond donors (Lipinski definition) is 1. The molecule has 0 saturated carbocycles. The van der Waals surface area contributed by atoms with Crippen LogP contribution in [0.15, 0.2) is 41.0 Å². The SMILES string of the molecule is N#CC1=C(N)OC2=C(C(=O)OC2)[C@H]1c1ccc(Cl)cc1Cl. The minimum absolute atomic E-state index is 0.00468. The number of carbonyl (C=O) groups is 1. The molecule has 1 atom stereocenters. The number of hydrogen-bond acceptors (Lipinski definition) is 5. The lowest BCUT2D eigenvalue weighted by atomic mass is 9.83. The topological polar surface area (TPSA) is 85.3 Å². The van der Waals surface area contributed by atoms with Crippen LogP contribution in [0.3, 0.4) is 0 Å². The molecule has 7 heteroatoms. The lowest BCUT2D eigenvalue weighted by molar-refractivity contribution is -0.136. The van der Waals surface area contributed by atoms with E-state index >= 15 is 0 Å². The number of cyclic esters (lactones) is 1. The number of nitrogens with two attached hydrogens (primary N) is 1. The van der Waals surface area contributed by atoms with Gasteiger partial charge in [0, 0.05) is 10.0 Å². The van der Waals surface area contributed by atoms with Crippen molar-refractivity contribution in [1.82, 2.24) is 0 Å². The summed E-state index contributed by atoms with van der Waals surface area (Å²) in [6.45, 7) is -0.00468. The number of nitriles is 1. The smallest absolute Gasteiger partial charge is 0.339 e. The number of allylic oxidation sites excluding steroid dienone is 1. The lowest BCUT2D eigenvalue weighted by Crippen LogP contribution is -2.22. The third-order valence-corrected chi connectivity index (χ3v) is 3.89. The average Bonchev–Trinajstić information content (AvgIpc) is 2.79. The zero-order chi connectivity index (χ0) is 15.1. The lowest BCUT2D eigenvalue weighted by Gasteiger charge is -2.24. The first-order valence-electron chi connectivity index (χ1n) is 5.95. The van der Waals surface area contributed by atoms with Gasteiger partial charge in [-0.3, -0.25) is 0 Å². The van der Waals surface area contributed by atoms with Crippen LogP contribution < -0.4 is 5.73 Å². The summed E-state index contributed by atoms with van der Waals surface area (Å²) >= 11 is 12.1. The molecule has 0 unspecified atom stereocenters. The summed E-state index contributed by atoms with van der Waals surface area (Å²) in [7, 11) is 0. The monoisotopic (exact) mass is 322 g/mol. The van der Waals surface area contributed by atoms with E-state index in [2.05, 4.69) is 0 Å². The summed E-state index contributed by atoms with van der Waals surface area (Å²) in [5.41, 5.74) is 6.69. The zero-order valence-corrected chi connectivity index (χ0v) is 12.0. The van der Waals surface area contributed by atoms with Crippen molar-refractivity contribution in [3.63, 3.8) is 0 Å². The first-order chi connectivity index (χ1) is 10.0. The molecule has 2 heterocycles. The third-order valence-electron chi connectivity index (χ3n) is 3.32. The highest BCUT2D eigenvalue weighted by Gasteiger charge is 2.42. The van der Waals surface area contributed by atoms with Crippen LogP contribution in [0.25, 0.3) is 0 Å². The number of esters is 1. The molecule has 3 rings (SSSR count). The number of ether oxygens (including phenoxy) is 2. The van der Waals surface area contributed by atoms with Gasteiger partial charge in [0.15, 0.2) is 5.76 Å². The second-order valence-electron chi connectivity index (χ2n) is 4.50. The molecule has 5 nitrogen and oxygen atoms in total. The van der Waals surface area contributed by atoms with Gasteiger partial charge in [-0.25, -0.2) is 4.79 Å². The molecule has 0 spiro atoms. The first kappa shape index (κ1) is 13.8. The van der Waals surface area contributed by atoms with E-state index in [0.29, 0.717) is 21.4 Å². The van der Waals surface area contributed by atoms with E-state index in [1.54, 1.807) is 18.2 Å². The van der Waals surface area contributed by atoms with Crippen LogP contribution in [0.5, 0.6) is 0 Å². The molecular formula is C14H8Cl2N2O3. The average molecular weight is 323 g/mol. The van der Waals surface area contributed by atoms with Gasteiger partial charge in [-0.15, -0.1) is 0 Å². The molecule has 0 radical (unpaired) electrons. The number of carbonyl (C=O) groups excluding carboxylic acids is 1. The highest BCUT2D eigenvalue weighted by Crippen LogP contribution is 2.44. The van der Waals surface area contributed by atoms with E-state index in [-0.39, 0.29) is 23.6 Å². The summed E-state index contributed by atoms with van der Waals surface area (Å²) in [5, 5.41) is 10.1. The van der Waals surface area contributed by atoms with Crippen LogP contribution >= 0.6 is 23.2 Å². The van der Waals surface area contributed by atoms with Crippen LogP contribution in [0, 0.1) is 11.3 Å². The fourth-order valence-electron chi connectivity index (χ4n) is 2.40. The Kier molecular flexibility index (Phi) is 3.28. The fraction of sp³-hybridized carbons (Fsp3) is 0.143. The van der Waals surface area contributed by atoms with Crippen LogP contribution in [0.2, 0.25) is 10.0 Å². The molecule has 2 aliphatic heterocycles. The molecule has 0 bridgehead atoms. The van der Waals surface area contributed by atoms with Crippen molar-refractivity contribution >= 4 is 29.2 Å². The Balaban J connectivity index is 2.22. The highest BCUT2D eigenvalue weighted by atomic mass is 35.5. The molecule has 0 aromatic heterocycles. The standard InChI is InChI=1S/C14H8Cl2N2O3/c15-6-1-2-7(9(16)3-6)11-8(4-17)13(18)21-10-5-20-14(19)12(10)11/h1-3,11H,5,18H2/t11-/m0/s1. The zero-order valence-electron chi connectivity index (χ0n) is 10.5. The largest absolute Gasteiger partial charge is 0.454 e. The minimum Gasteiger partial charge on any atom is -0.454 e. The summed E-state index contributed by atoms with van der Waals surface area (Å²) < 4.78 is 10.3. The Hall–Kier alpha value is -2.16. The van der Waals surface area contributed by atoms with Crippen LogP contribution in [0.4, 0.5) is 0 Å². The molecule has 2 N–H and O–H groups in total. The van der Waals surface area contributed by atoms with E-state index in [0.717, 1.165) is 0 Å². The summed E-state index contributed by atoms with van der Waals surface area (Å²) in [5.74, 6) is -0.988. The Bertz CT molecular complexity index is 762. The van der Waals surface area contributed by atoms with Crippen molar-refractivity contribution in [3.8, 4) is 6.07 Å². The number of rotatable bonds is 1. The van der Waals surface area contributed by atoms with E-state index in [1.807, 2.05) is 6.07 Å². The van der Waals surface area contributed by atoms with Gasteiger partial charge >= 0.3 is 5.97 Å². The number of benzene rings is 1. The molecule has 106 valence electrons. The Morgan fingerprint density at radius 1 is 1.38 bits per heavy atom. The maximum atomic E-state index is 11.9. The molecular weight excluding hydrogens is 315 g/mol. The quantitative estimate of drug-likeness (QED) is 0.803. The number of nitrogens with zero attached hydrogens (tertiary/aromatic N) is 1. The van der Waals surface area contributed by atoms with Gasteiger partial charge in [-0.05, 0) is 17.7 Å². The van der Waals surface area contributed by atoms with Gasteiger partial charge in [0.05, 0.1) is 11.5 Å². The van der Waals surface area contributed by atoms with Crippen LogP contribution in [0.1, 0.15) is 11.5 Å². The van der Waals surface area contributed by atoms with Crippen molar-refractivity contribution < 1.29 is 14.3 Å². The molecule has 0 aliphatic carbocycles. The second-order valence-corrected chi connectivity index (χ2v) is 5.35. The molecule has 0 fully saturated rings. The van der Waals surface area contributed by atoms with E-state index in [9.17, 15) is 10.1 Å². The molecule has 1 aromatic carbocycles. The Labute approximate surface area is 130 Å². The molecule has 0 amide bonds. The summed E-state index contributed by atoms with van der Waals surface area (Å²) in [6.07, 6.45) is 0. The van der Waals surface area contributed by atoms with E-state index in [4.69, 9.17) is 38.4 Å². The molecule has 1 aromatic rings. The summed E-state index contributed by atoms with van der Waals surface area (Å²) in [4.78, 5) is 11.9. The van der Waals surface area contributed by atoms with Gasteiger partial charge < -0.3 is 15.2 Å². The molecule has 2 aliphatic rings. The predicted octanol–water partition coefficient (Wildman–Crippen LogP) is 2.61. The van der Waals surface area contributed by atoms with Gasteiger partial charge in [-0.1, -0.05) is 29.3 Å². The van der Waals surface area contributed by atoms with Gasteiger partial charge in [-0.2, -0.15) is 5.26 Å². The number of halogens is 2. The minimum atomic E-state index is -0.710. The maximum absolute atomic E-state index is 11.9. The van der Waals surface area contributed by atoms with E-state index < -0.39 is 11.9 Å².